The van der Waals surface area contributed by atoms with Crippen LogP contribution in [0.4, 0.5) is 11.6 Å². The van der Waals surface area contributed by atoms with Crippen molar-refractivity contribution >= 4 is 17.5 Å². The molecule has 1 aliphatic rings. The normalized spacial score (nSPS) is 15.1. The van der Waals surface area contributed by atoms with Gasteiger partial charge in [0.2, 0.25) is 5.95 Å². The standard InChI is InChI=1S/C24H20N6O2/c1-15-20(23(32)27-18-9-3-2-4-10-18)21(17-8-6-12-25-14-17)30-24(26-15)28-22(29-30)16-7-5-11-19(31)13-16/h2-14,21,31H,1H3,(H,27,32)(H,26,28,29). The van der Waals surface area contributed by atoms with Gasteiger partial charge in [0.05, 0.1) is 5.57 Å². The van der Waals surface area contributed by atoms with Crippen LogP contribution in [0.1, 0.15) is 18.5 Å². The summed E-state index contributed by atoms with van der Waals surface area (Å²) in [5.74, 6) is 0.833. The molecule has 4 aromatic rings. The van der Waals surface area contributed by atoms with Crippen LogP contribution in [0.5, 0.6) is 5.75 Å². The Morgan fingerprint density at radius 2 is 1.94 bits per heavy atom. The van der Waals surface area contributed by atoms with Crippen molar-refractivity contribution in [3.8, 4) is 17.1 Å². The molecule has 0 radical (unpaired) electrons. The van der Waals surface area contributed by atoms with E-state index in [2.05, 4.69) is 25.7 Å². The molecule has 0 aliphatic carbocycles. The average molecular weight is 424 g/mol. The van der Waals surface area contributed by atoms with Gasteiger partial charge in [-0.25, -0.2) is 4.68 Å². The summed E-state index contributed by atoms with van der Waals surface area (Å²) < 4.78 is 1.68. The Morgan fingerprint density at radius 1 is 1.09 bits per heavy atom. The molecule has 0 spiro atoms. The molecule has 1 atom stereocenters. The zero-order chi connectivity index (χ0) is 22.1. The van der Waals surface area contributed by atoms with Gasteiger partial charge in [0, 0.05) is 29.3 Å². The van der Waals surface area contributed by atoms with Gasteiger partial charge in [0.1, 0.15) is 11.8 Å². The van der Waals surface area contributed by atoms with Crippen molar-refractivity contribution in [3.63, 3.8) is 0 Å². The van der Waals surface area contributed by atoms with Gasteiger partial charge in [0.25, 0.3) is 5.91 Å². The highest BCUT2D eigenvalue weighted by molar-refractivity contribution is 6.06. The summed E-state index contributed by atoms with van der Waals surface area (Å²) >= 11 is 0. The summed E-state index contributed by atoms with van der Waals surface area (Å²) in [5.41, 5.74) is 3.37. The number of anilines is 2. The summed E-state index contributed by atoms with van der Waals surface area (Å²) in [5, 5.41) is 20.7. The van der Waals surface area contributed by atoms with Crippen molar-refractivity contribution in [1.82, 2.24) is 19.7 Å². The molecule has 2 aromatic heterocycles. The van der Waals surface area contributed by atoms with Crippen molar-refractivity contribution < 1.29 is 9.90 Å². The summed E-state index contributed by atoms with van der Waals surface area (Å²) in [4.78, 5) is 22.2. The van der Waals surface area contributed by atoms with E-state index in [0.717, 1.165) is 5.56 Å². The maximum Gasteiger partial charge on any atom is 0.255 e. The van der Waals surface area contributed by atoms with Gasteiger partial charge in [-0.05, 0) is 42.8 Å². The number of carbonyl (C=O) groups is 1. The second-order valence-electron chi connectivity index (χ2n) is 7.43. The number of rotatable bonds is 4. The number of aromatic hydroxyl groups is 1. The predicted molar refractivity (Wildman–Crippen MR) is 121 cm³/mol. The maximum atomic E-state index is 13.4. The highest BCUT2D eigenvalue weighted by Gasteiger charge is 2.34. The van der Waals surface area contributed by atoms with Gasteiger partial charge in [-0.3, -0.25) is 9.78 Å². The summed E-state index contributed by atoms with van der Waals surface area (Å²) in [6.07, 6.45) is 3.41. The van der Waals surface area contributed by atoms with E-state index in [1.807, 2.05) is 55.5 Å². The maximum absolute atomic E-state index is 13.4. The van der Waals surface area contributed by atoms with E-state index in [1.165, 1.54) is 0 Å². The molecule has 158 valence electrons. The number of phenolic OH excluding ortho intramolecular Hbond substituents is 1. The molecule has 32 heavy (non-hydrogen) atoms. The van der Waals surface area contributed by atoms with Gasteiger partial charge >= 0.3 is 0 Å². The summed E-state index contributed by atoms with van der Waals surface area (Å²) in [6.45, 7) is 1.84. The molecule has 5 rings (SSSR count). The minimum absolute atomic E-state index is 0.129. The number of amides is 1. The third kappa shape index (κ3) is 3.58. The number of hydrogen-bond acceptors (Lipinski definition) is 6. The zero-order valence-electron chi connectivity index (χ0n) is 17.2. The van der Waals surface area contributed by atoms with Crippen LogP contribution in [0.15, 0.2) is 90.4 Å². The van der Waals surface area contributed by atoms with Crippen LogP contribution in [0.25, 0.3) is 11.4 Å². The lowest BCUT2D eigenvalue weighted by Crippen LogP contribution is -2.31. The first kappa shape index (κ1) is 19.5. The number of hydrogen-bond donors (Lipinski definition) is 3. The molecule has 0 saturated carbocycles. The van der Waals surface area contributed by atoms with Crippen LogP contribution in [-0.2, 0) is 4.79 Å². The number of nitrogens with one attached hydrogen (secondary N) is 2. The van der Waals surface area contributed by atoms with E-state index in [1.54, 1.807) is 35.3 Å². The summed E-state index contributed by atoms with van der Waals surface area (Å²) in [6, 6.07) is 19.3. The first-order valence-corrected chi connectivity index (χ1v) is 10.1. The fourth-order valence-electron chi connectivity index (χ4n) is 3.78. The topological polar surface area (TPSA) is 105 Å². The molecule has 0 fully saturated rings. The fourth-order valence-corrected chi connectivity index (χ4v) is 3.78. The molecule has 0 saturated heterocycles. The molecule has 0 bridgehead atoms. The number of nitrogens with zero attached hydrogens (tertiary/aromatic N) is 4. The Kier molecular flexibility index (Phi) is 4.87. The number of pyridine rings is 1. The monoisotopic (exact) mass is 424 g/mol. The van der Waals surface area contributed by atoms with Gasteiger partial charge in [-0.1, -0.05) is 36.4 Å². The number of para-hydroxylation sites is 1. The van der Waals surface area contributed by atoms with Crippen molar-refractivity contribution in [2.75, 3.05) is 10.6 Å². The van der Waals surface area contributed by atoms with Crippen molar-refractivity contribution in [3.05, 3.63) is 96.0 Å². The van der Waals surface area contributed by atoms with Crippen molar-refractivity contribution in [2.45, 2.75) is 13.0 Å². The first-order valence-electron chi connectivity index (χ1n) is 10.1. The van der Waals surface area contributed by atoms with E-state index >= 15 is 0 Å². The van der Waals surface area contributed by atoms with Crippen LogP contribution in [0, 0.1) is 0 Å². The van der Waals surface area contributed by atoms with Gasteiger partial charge in [-0.2, -0.15) is 4.98 Å². The highest BCUT2D eigenvalue weighted by Crippen LogP contribution is 2.36. The van der Waals surface area contributed by atoms with Crippen LogP contribution < -0.4 is 10.6 Å². The Morgan fingerprint density at radius 3 is 2.69 bits per heavy atom. The molecule has 3 heterocycles. The fraction of sp³-hybridized carbons (Fsp3) is 0.0833. The zero-order valence-corrected chi connectivity index (χ0v) is 17.2. The van der Waals surface area contributed by atoms with Gasteiger partial charge in [-0.15, -0.1) is 5.10 Å². The number of aromatic nitrogens is 4. The van der Waals surface area contributed by atoms with Crippen LogP contribution in [0.3, 0.4) is 0 Å². The smallest absolute Gasteiger partial charge is 0.255 e. The Labute approximate surface area is 184 Å². The average Bonchev–Trinajstić information content (AvgIpc) is 3.23. The molecular weight excluding hydrogens is 404 g/mol. The van der Waals surface area contributed by atoms with Crippen LogP contribution >= 0.6 is 0 Å². The molecule has 8 nitrogen and oxygen atoms in total. The number of phenols is 1. The number of carbonyl (C=O) groups excluding carboxylic acids is 1. The molecule has 1 unspecified atom stereocenters. The lowest BCUT2D eigenvalue weighted by molar-refractivity contribution is -0.113. The Bertz CT molecular complexity index is 1310. The van der Waals surface area contributed by atoms with Crippen LogP contribution in [0.2, 0.25) is 0 Å². The van der Waals surface area contributed by atoms with E-state index in [-0.39, 0.29) is 11.7 Å². The molecule has 2 aromatic carbocycles. The van der Waals surface area contributed by atoms with Crippen molar-refractivity contribution in [2.24, 2.45) is 0 Å². The minimum Gasteiger partial charge on any atom is -0.508 e. The predicted octanol–water partition coefficient (Wildman–Crippen LogP) is 3.97. The Hall–Kier alpha value is -4.46. The molecule has 3 N–H and O–H groups in total. The van der Waals surface area contributed by atoms with E-state index in [9.17, 15) is 9.90 Å². The van der Waals surface area contributed by atoms with Crippen LogP contribution in [-0.4, -0.2) is 30.8 Å². The Balaban J connectivity index is 1.60. The number of fused-ring (bicyclic) bond motifs is 1. The molecular formula is C24H20N6O2. The largest absolute Gasteiger partial charge is 0.508 e. The van der Waals surface area contributed by atoms with Gasteiger partial charge < -0.3 is 15.7 Å². The lowest BCUT2D eigenvalue weighted by Gasteiger charge is -2.28. The molecule has 1 amide bonds. The van der Waals surface area contributed by atoms with E-state index in [0.29, 0.717) is 34.3 Å². The minimum atomic E-state index is -0.526. The third-order valence-corrected chi connectivity index (χ3v) is 5.23. The van der Waals surface area contributed by atoms with E-state index < -0.39 is 6.04 Å². The highest BCUT2D eigenvalue weighted by atomic mass is 16.3. The number of benzene rings is 2. The summed E-state index contributed by atoms with van der Waals surface area (Å²) in [7, 11) is 0. The second-order valence-corrected chi connectivity index (χ2v) is 7.43. The van der Waals surface area contributed by atoms with Crippen molar-refractivity contribution in [1.29, 1.82) is 0 Å². The van der Waals surface area contributed by atoms with E-state index in [4.69, 9.17) is 0 Å². The third-order valence-electron chi connectivity index (χ3n) is 5.23. The number of allylic oxidation sites excluding steroid dienone is 1. The molecule has 1 aliphatic heterocycles. The first-order chi connectivity index (χ1) is 15.6. The van der Waals surface area contributed by atoms with Gasteiger partial charge in [0.15, 0.2) is 5.82 Å². The SMILES string of the molecule is CC1=C(C(=O)Nc2ccccc2)C(c2cccnc2)n2nc(-c3cccc(O)c3)nc2N1. The quantitative estimate of drug-likeness (QED) is 0.458. The lowest BCUT2D eigenvalue weighted by atomic mass is 9.96. The second kappa shape index (κ2) is 7.99. The molecule has 8 heteroatoms.